The molecule has 0 saturated carbocycles. The maximum atomic E-state index is 11.3. The second-order valence-corrected chi connectivity index (χ2v) is 4.12. The zero-order valence-electron chi connectivity index (χ0n) is 8.19. The molecule has 0 aromatic heterocycles. The molecule has 0 bridgehead atoms. The molecule has 0 atom stereocenters. The van der Waals surface area contributed by atoms with Crippen LogP contribution in [0, 0.1) is 0 Å². The van der Waals surface area contributed by atoms with Crippen LogP contribution in [-0.2, 0) is 9.53 Å². The van der Waals surface area contributed by atoms with Crippen molar-refractivity contribution < 1.29 is 14.6 Å². The number of ether oxygens (including phenoxy) is 1. The van der Waals surface area contributed by atoms with Gasteiger partial charge in [0.1, 0.15) is 5.76 Å². The van der Waals surface area contributed by atoms with Gasteiger partial charge in [0.15, 0.2) is 0 Å². The highest BCUT2D eigenvalue weighted by Gasteiger charge is 2.23. The zero-order valence-corrected chi connectivity index (χ0v) is 9.00. The number of rotatable bonds is 1. The summed E-state index contributed by atoms with van der Waals surface area (Å²) in [5.41, 5.74) is 1.04. The maximum Gasteiger partial charge on any atom is 0.338 e. The number of esters is 1. The van der Waals surface area contributed by atoms with Crippen LogP contribution in [0.2, 0.25) is 0 Å². The molecular weight excluding hydrogens is 212 g/mol. The summed E-state index contributed by atoms with van der Waals surface area (Å²) < 4.78 is 4.60. The van der Waals surface area contributed by atoms with Crippen molar-refractivity contribution in [2.75, 3.05) is 12.9 Å². The fraction of sp³-hybridized carbons (Fsp3) is 0.182. The van der Waals surface area contributed by atoms with Gasteiger partial charge in [0.2, 0.25) is 0 Å². The summed E-state index contributed by atoms with van der Waals surface area (Å²) in [6.45, 7) is 0. The minimum atomic E-state index is -0.463. The van der Waals surface area contributed by atoms with Crippen molar-refractivity contribution in [1.29, 1.82) is 0 Å². The lowest BCUT2D eigenvalue weighted by molar-refractivity contribution is -0.136. The molecule has 0 amide bonds. The molecule has 0 radical (unpaired) electrons. The van der Waals surface area contributed by atoms with Gasteiger partial charge in [0.05, 0.1) is 12.7 Å². The van der Waals surface area contributed by atoms with Gasteiger partial charge in [-0.3, -0.25) is 0 Å². The molecular formula is C11H10O3S. The fourth-order valence-electron chi connectivity index (χ4n) is 1.45. The second kappa shape index (κ2) is 3.98. The summed E-state index contributed by atoms with van der Waals surface area (Å²) in [5.74, 6) is 0.0286. The summed E-state index contributed by atoms with van der Waals surface area (Å²) in [6.07, 6.45) is 0. The maximum absolute atomic E-state index is 11.3. The van der Waals surface area contributed by atoms with Gasteiger partial charge in [0.25, 0.3) is 0 Å². The Morgan fingerprint density at radius 3 is 2.93 bits per heavy atom. The number of aliphatic hydroxyl groups excluding tert-OH is 1. The summed E-state index contributed by atoms with van der Waals surface area (Å²) in [6, 6.07) is 7.45. The number of hydrogen-bond donors (Lipinski definition) is 1. The van der Waals surface area contributed by atoms with Crippen LogP contribution in [0.1, 0.15) is 5.56 Å². The van der Waals surface area contributed by atoms with Crippen molar-refractivity contribution in [3.8, 4) is 0 Å². The van der Waals surface area contributed by atoms with Crippen molar-refractivity contribution in [1.82, 2.24) is 0 Å². The van der Waals surface area contributed by atoms with E-state index in [1.807, 2.05) is 18.2 Å². The van der Waals surface area contributed by atoms with E-state index in [2.05, 4.69) is 4.74 Å². The summed E-state index contributed by atoms with van der Waals surface area (Å²) in [7, 11) is 1.31. The molecule has 15 heavy (non-hydrogen) atoms. The van der Waals surface area contributed by atoms with E-state index in [9.17, 15) is 9.90 Å². The van der Waals surface area contributed by atoms with Gasteiger partial charge < -0.3 is 9.84 Å². The van der Waals surface area contributed by atoms with Crippen LogP contribution >= 0.6 is 11.8 Å². The van der Waals surface area contributed by atoms with Crippen LogP contribution < -0.4 is 0 Å². The van der Waals surface area contributed by atoms with Crippen LogP contribution in [0.4, 0.5) is 0 Å². The number of carbonyl (C=O) groups is 1. The van der Waals surface area contributed by atoms with E-state index < -0.39 is 5.97 Å². The van der Waals surface area contributed by atoms with Crippen LogP contribution in [0.3, 0.4) is 0 Å². The molecule has 4 heteroatoms. The smallest absolute Gasteiger partial charge is 0.338 e. The van der Waals surface area contributed by atoms with E-state index in [0.29, 0.717) is 16.9 Å². The second-order valence-electron chi connectivity index (χ2n) is 3.10. The van der Waals surface area contributed by atoms with E-state index >= 15 is 0 Å². The Balaban J connectivity index is 2.49. The van der Waals surface area contributed by atoms with E-state index in [1.54, 1.807) is 6.07 Å². The Kier molecular flexibility index (Phi) is 2.68. The van der Waals surface area contributed by atoms with Crippen molar-refractivity contribution in [2.45, 2.75) is 4.90 Å². The predicted octanol–water partition coefficient (Wildman–Crippen LogP) is 2.23. The Labute approximate surface area is 91.8 Å². The largest absolute Gasteiger partial charge is 0.507 e. The number of carbonyl (C=O) groups excluding carboxylic acids is 1. The molecule has 1 aliphatic heterocycles. The number of thioether (sulfide) groups is 1. The van der Waals surface area contributed by atoms with Crippen LogP contribution in [0.5, 0.6) is 0 Å². The third-order valence-corrected chi connectivity index (χ3v) is 3.33. The van der Waals surface area contributed by atoms with Gasteiger partial charge in [-0.2, -0.15) is 0 Å². The first-order chi connectivity index (χ1) is 7.24. The first-order valence-electron chi connectivity index (χ1n) is 4.46. The van der Waals surface area contributed by atoms with E-state index in [0.717, 1.165) is 4.90 Å². The lowest BCUT2D eigenvalue weighted by atomic mass is 10.1. The van der Waals surface area contributed by atoms with E-state index in [4.69, 9.17) is 0 Å². The van der Waals surface area contributed by atoms with Gasteiger partial charge >= 0.3 is 5.97 Å². The van der Waals surface area contributed by atoms with Gasteiger partial charge in [-0.15, -0.1) is 11.8 Å². The van der Waals surface area contributed by atoms with Crippen LogP contribution in [0.25, 0.3) is 5.76 Å². The van der Waals surface area contributed by atoms with Gasteiger partial charge in [-0.1, -0.05) is 18.2 Å². The molecule has 1 aliphatic rings. The third kappa shape index (κ3) is 1.72. The minimum Gasteiger partial charge on any atom is -0.507 e. The lowest BCUT2D eigenvalue weighted by Gasteiger charge is -2.17. The standard InChI is InChI=1S/C11H10O3S/c1-14-11(13)8-6-15-9-5-3-2-4-7(9)10(8)12/h2-5,12H,6H2,1H3. The summed E-state index contributed by atoms with van der Waals surface area (Å²) >= 11 is 1.53. The highest BCUT2D eigenvalue weighted by molar-refractivity contribution is 7.99. The molecule has 78 valence electrons. The van der Waals surface area contributed by atoms with Crippen LogP contribution in [-0.4, -0.2) is 23.9 Å². The quantitative estimate of drug-likeness (QED) is 0.740. The van der Waals surface area contributed by atoms with Crippen molar-refractivity contribution in [3.05, 3.63) is 35.4 Å². The molecule has 1 aromatic carbocycles. The number of hydrogen-bond acceptors (Lipinski definition) is 4. The monoisotopic (exact) mass is 222 g/mol. The van der Waals surface area contributed by atoms with Gasteiger partial charge in [-0.05, 0) is 6.07 Å². The molecule has 1 N–H and O–H groups in total. The van der Waals surface area contributed by atoms with E-state index in [1.165, 1.54) is 18.9 Å². The molecule has 0 saturated heterocycles. The summed E-state index contributed by atoms with van der Waals surface area (Å²) in [5, 5.41) is 9.89. The average Bonchev–Trinajstić information content (AvgIpc) is 2.29. The van der Waals surface area contributed by atoms with Crippen LogP contribution in [0.15, 0.2) is 34.7 Å². The number of aliphatic hydroxyl groups is 1. The lowest BCUT2D eigenvalue weighted by Crippen LogP contribution is -2.13. The fourth-order valence-corrected chi connectivity index (χ4v) is 2.50. The predicted molar refractivity (Wildman–Crippen MR) is 58.7 cm³/mol. The number of fused-ring (bicyclic) bond motifs is 1. The highest BCUT2D eigenvalue weighted by atomic mass is 32.2. The Morgan fingerprint density at radius 1 is 1.47 bits per heavy atom. The number of benzene rings is 1. The summed E-state index contributed by atoms with van der Waals surface area (Å²) in [4.78, 5) is 12.3. The van der Waals surface area contributed by atoms with Crippen molar-refractivity contribution >= 4 is 23.5 Å². The Morgan fingerprint density at radius 2 is 2.20 bits per heavy atom. The molecule has 0 spiro atoms. The molecule has 2 rings (SSSR count). The first-order valence-corrected chi connectivity index (χ1v) is 5.45. The number of methoxy groups -OCH3 is 1. The molecule has 1 aromatic rings. The average molecular weight is 222 g/mol. The van der Waals surface area contributed by atoms with E-state index in [-0.39, 0.29) is 5.76 Å². The molecule has 3 nitrogen and oxygen atoms in total. The van der Waals surface area contributed by atoms with Crippen molar-refractivity contribution in [3.63, 3.8) is 0 Å². The third-order valence-electron chi connectivity index (χ3n) is 2.23. The molecule has 0 unspecified atom stereocenters. The normalized spacial score (nSPS) is 14.7. The Bertz CT molecular complexity index is 437. The van der Waals surface area contributed by atoms with Gasteiger partial charge in [-0.25, -0.2) is 4.79 Å². The topological polar surface area (TPSA) is 46.5 Å². The van der Waals surface area contributed by atoms with Crippen molar-refractivity contribution in [2.24, 2.45) is 0 Å². The molecule has 0 aliphatic carbocycles. The minimum absolute atomic E-state index is 0.0381. The SMILES string of the molecule is COC(=O)C1=C(O)c2ccccc2SC1. The zero-order chi connectivity index (χ0) is 10.8. The highest BCUT2D eigenvalue weighted by Crippen LogP contribution is 2.35. The molecule has 0 fully saturated rings. The van der Waals surface area contributed by atoms with Gasteiger partial charge in [0, 0.05) is 16.2 Å². The first kappa shape index (κ1) is 10.1. The molecule has 1 heterocycles. The Hall–Kier alpha value is -1.42.